The van der Waals surface area contributed by atoms with Crippen LogP contribution in [-0.2, 0) is 30.4 Å². The van der Waals surface area contributed by atoms with Crippen molar-refractivity contribution in [1.29, 1.82) is 0 Å². The average molecular weight is 505 g/mol. The van der Waals surface area contributed by atoms with E-state index in [1.54, 1.807) is 45.0 Å². The summed E-state index contributed by atoms with van der Waals surface area (Å²) in [7, 11) is 1.16. The highest BCUT2D eigenvalue weighted by atomic mass is 16.6. The molecule has 1 unspecified atom stereocenters. The molecule has 2 aliphatic rings. The van der Waals surface area contributed by atoms with Gasteiger partial charge in [0, 0.05) is 13.1 Å². The Hall–Kier alpha value is -3.83. The molecule has 2 heterocycles. The third-order valence-electron chi connectivity index (χ3n) is 5.86. The van der Waals surface area contributed by atoms with Gasteiger partial charge in [0.1, 0.15) is 23.9 Å². The molecule has 5 amide bonds. The summed E-state index contributed by atoms with van der Waals surface area (Å²) in [5, 5.41) is 5.12. The number of ether oxygens (including phenoxy) is 3. The Morgan fingerprint density at radius 2 is 1.75 bits per heavy atom. The summed E-state index contributed by atoms with van der Waals surface area (Å²) in [6, 6.07) is 8.17. The predicted octanol–water partition coefficient (Wildman–Crippen LogP) is 2.12. The van der Waals surface area contributed by atoms with Gasteiger partial charge in [-0.2, -0.15) is 0 Å². The van der Waals surface area contributed by atoms with Gasteiger partial charge in [0.2, 0.25) is 0 Å². The fraction of sp³-hybridized carbons (Fsp3) is 0.542. The van der Waals surface area contributed by atoms with Gasteiger partial charge < -0.3 is 24.4 Å². The number of likely N-dealkylation sites (tertiary alicyclic amines) is 1. The van der Waals surface area contributed by atoms with E-state index in [0.717, 1.165) is 17.6 Å². The van der Waals surface area contributed by atoms with Crippen LogP contribution in [0, 0.1) is 0 Å². The van der Waals surface area contributed by atoms with Gasteiger partial charge in [-0.1, -0.05) is 30.3 Å². The number of urea groups is 1. The van der Waals surface area contributed by atoms with Crippen molar-refractivity contribution in [2.45, 2.75) is 63.9 Å². The number of esters is 1. The average Bonchev–Trinajstić information content (AvgIpc) is 3.05. The molecule has 1 atom stereocenters. The second-order valence-corrected chi connectivity index (χ2v) is 9.66. The van der Waals surface area contributed by atoms with Gasteiger partial charge >= 0.3 is 24.2 Å². The van der Waals surface area contributed by atoms with E-state index in [9.17, 15) is 24.0 Å². The summed E-state index contributed by atoms with van der Waals surface area (Å²) >= 11 is 0. The van der Waals surface area contributed by atoms with Crippen LogP contribution in [0.3, 0.4) is 0 Å². The quantitative estimate of drug-likeness (QED) is 0.341. The highest BCUT2D eigenvalue weighted by Crippen LogP contribution is 2.31. The zero-order valence-corrected chi connectivity index (χ0v) is 20.9. The molecule has 1 aromatic carbocycles. The van der Waals surface area contributed by atoms with Gasteiger partial charge in [-0.3, -0.25) is 14.9 Å². The molecule has 12 nitrogen and oxygen atoms in total. The summed E-state index contributed by atoms with van der Waals surface area (Å²) in [4.78, 5) is 65.4. The summed E-state index contributed by atoms with van der Waals surface area (Å²) < 4.78 is 15.3. The van der Waals surface area contributed by atoms with Crippen molar-refractivity contribution in [2.24, 2.45) is 0 Å². The van der Waals surface area contributed by atoms with Crippen LogP contribution in [0.25, 0.3) is 0 Å². The maximum absolute atomic E-state index is 13.4. The first-order valence-corrected chi connectivity index (χ1v) is 11.6. The summed E-state index contributed by atoms with van der Waals surface area (Å²) in [5.74, 6) is -1.33. The first-order valence-electron chi connectivity index (χ1n) is 11.6. The van der Waals surface area contributed by atoms with Crippen molar-refractivity contribution in [3.05, 3.63) is 35.9 Å². The van der Waals surface area contributed by atoms with Crippen LogP contribution < -0.4 is 10.6 Å². The maximum Gasteiger partial charge on any atom is 0.410 e. The first kappa shape index (κ1) is 26.8. The number of alkyl carbamates (subject to hydrolysis) is 1. The number of hydrogen-bond donors (Lipinski definition) is 2. The molecule has 1 spiro atoms. The van der Waals surface area contributed by atoms with Crippen molar-refractivity contribution < 1.29 is 38.2 Å². The predicted molar refractivity (Wildman–Crippen MR) is 125 cm³/mol. The number of piperidine rings is 1. The molecular formula is C24H32N4O8. The minimum Gasteiger partial charge on any atom is -0.469 e. The first-order chi connectivity index (χ1) is 16.9. The normalized spacial score (nSPS) is 17.9. The number of rotatable bonds is 6. The Labute approximate surface area is 209 Å². The number of amides is 5. The Kier molecular flexibility index (Phi) is 8.06. The van der Waals surface area contributed by atoms with E-state index in [0.29, 0.717) is 0 Å². The van der Waals surface area contributed by atoms with Gasteiger partial charge in [0.05, 0.1) is 13.5 Å². The zero-order chi connectivity index (χ0) is 26.5. The Balaban J connectivity index is 1.68. The van der Waals surface area contributed by atoms with Gasteiger partial charge in [-0.25, -0.2) is 19.3 Å². The van der Waals surface area contributed by atoms with E-state index in [2.05, 4.69) is 15.4 Å². The van der Waals surface area contributed by atoms with Crippen LogP contribution in [0.4, 0.5) is 14.4 Å². The van der Waals surface area contributed by atoms with E-state index in [4.69, 9.17) is 9.47 Å². The van der Waals surface area contributed by atoms with Crippen molar-refractivity contribution in [3.8, 4) is 0 Å². The monoisotopic (exact) mass is 504 g/mol. The number of hydrogen-bond acceptors (Lipinski definition) is 8. The topological polar surface area (TPSA) is 144 Å². The lowest BCUT2D eigenvalue weighted by atomic mass is 9.87. The van der Waals surface area contributed by atoms with Crippen LogP contribution in [0.1, 0.15) is 45.6 Å². The molecular weight excluding hydrogens is 472 g/mol. The van der Waals surface area contributed by atoms with Gasteiger partial charge in [0.25, 0.3) is 5.91 Å². The number of nitrogens with one attached hydrogen (secondary N) is 2. The highest BCUT2D eigenvalue weighted by Gasteiger charge is 2.55. The summed E-state index contributed by atoms with van der Waals surface area (Å²) in [6.07, 6.45) is -2.90. The van der Waals surface area contributed by atoms with Gasteiger partial charge in [0.15, 0.2) is 0 Å². The molecule has 2 N–H and O–H groups in total. The van der Waals surface area contributed by atoms with E-state index in [-0.39, 0.29) is 32.5 Å². The lowest BCUT2D eigenvalue weighted by Gasteiger charge is -2.38. The third-order valence-corrected chi connectivity index (χ3v) is 5.86. The summed E-state index contributed by atoms with van der Waals surface area (Å²) in [6.45, 7) is 5.60. The minimum atomic E-state index is -1.32. The standard InChI is InChI=1S/C24H32N4O8/c1-23(2,3)36-22(33)27-12-10-24(11-13-27)19(30)28(20(31)26-24)17(14-18(29)34-4)25-21(32)35-15-16-8-6-5-7-9-16/h5-9,17H,10-15H2,1-4H3,(H,25,32)(H,26,31). The molecule has 0 radical (unpaired) electrons. The molecule has 2 aliphatic heterocycles. The molecule has 0 aliphatic carbocycles. The van der Waals surface area contributed by atoms with Crippen molar-refractivity contribution in [3.63, 3.8) is 0 Å². The van der Waals surface area contributed by atoms with Crippen LogP contribution >= 0.6 is 0 Å². The minimum absolute atomic E-state index is 0.0395. The molecule has 36 heavy (non-hydrogen) atoms. The fourth-order valence-corrected chi connectivity index (χ4v) is 4.01. The molecule has 0 bridgehead atoms. The van der Waals surface area contributed by atoms with Crippen LogP contribution in [-0.4, -0.2) is 77.4 Å². The molecule has 0 saturated carbocycles. The zero-order valence-electron chi connectivity index (χ0n) is 20.9. The Bertz CT molecular complexity index is 999. The number of carbonyl (C=O) groups is 5. The van der Waals surface area contributed by atoms with E-state index >= 15 is 0 Å². The number of nitrogens with zero attached hydrogens (tertiary/aromatic N) is 2. The number of carbonyl (C=O) groups excluding carboxylic acids is 5. The smallest absolute Gasteiger partial charge is 0.410 e. The van der Waals surface area contributed by atoms with Crippen molar-refractivity contribution >= 4 is 30.1 Å². The van der Waals surface area contributed by atoms with Crippen molar-refractivity contribution in [1.82, 2.24) is 20.4 Å². The second kappa shape index (κ2) is 10.8. The molecule has 2 fully saturated rings. The van der Waals surface area contributed by atoms with Gasteiger partial charge in [-0.05, 0) is 39.2 Å². The Morgan fingerprint density at radius 1 is 1.11 bits per heavy atom. The molecule has 2 saturated heterocycles. The largest absolute Gasteiger partial charge is 0.469 e. The van der Waals surface area contributed by atoms with E-state index in [1.807, 2.05) is 6.07 Å². The summed E-state index contributed by atoms with van der Waals surface area (Å²) in [5.41, 5.74) is -1.19. The number of imide groups is 1. The van der Waals surface area contributed by atoms with Crippen LogP contribution in [0.15, 0.2) is 30.3 Å². The van der Waals surface area contributed by atoms with Crippen LogP contribution in [0.2, 0.25) is 0 Å². The second-order valence-electron chi connectivity index (χ2n) is 9.66. The lowest BCUT2D eigenvalue weighted by molar-refractivity contribution is -0.143. The molecule has 196 valence electrons. The van der Waals surface area contributed by atoms with E-state index in [1.165, 1.54) is 4.90 Å². The molecule has 3 rings (SSSR count). The number of benzene rings is 1. The maximum atomic E-state index is 13.4. The number of methoxy groups -OCH3 is 1. The highest BCUT2D eigenvalue weighted by molar-refractivity contribution is 6.08. The molecule has 0 aromatic heterocycles. The Morgan fingerprint density at radius 3 is 2.33 bits per heavy atom. The van der Waals surface area contributed by atoms with Crippen molar-refractivity contribution in [2.75, 3.05) is 20.2 Å². The molecule has 12 heteroatoms. The fourth-order valence-electron chi connectivity index (χ4n) is 4.01. The molecule has 1 aromatic rings. The van der Waals surface area contributed by atoms with Gasteiger partial charge in [-0.15, -0.1) is 0 Å². The third kappa shape index (κ3) is 6.43. The lowest BCUT2D eigenvalue weighted by Crippen LogP contribution is -2.57. The van der Waals surface area contributed by atoms with Crippen LogP contribution in [0.5, 0.6) is 0 Å². The van der Waals surface area contributed by atoms with E-state index < -0.39 is 53.8 Å². The SMILES string of the molecule is COC(=O)CC(NC(=O)OCc1ccccc1)N1C(=O)NC2(CCN(C(=O)OC(C)(C)C)CC2)C1=O.